The normalized spacial score (nSPS) is 12.5. The van der Waals surface area contributed by atoms with E-state index in [4.69, 9.17) is 0 Å². The van der Waals surface area contributed by atoms with Gasteiger partial charge in [-0.15, -0.1) is 11.3 Å². The molecule has 1 N–H and O–H groups in total. The number of nitrogens with one attached hydrogen (secondary N) is 1. The largest absolute Gasteiger partial charge is 0.354 e. The Morgan fingerprint density at radius 3 is 2.16 bits per heavy atom. The molecule has 2 heteroatoms. The lowest BCUT2D eigenvalue weighted by Crippen LogP contribution is -1.79. The number of benzene rings is 5. The van der Waals surface area contributed by atoms with Gasteiger partial charge in [-0.1, -0.05) is 66.7 Å². The van der Waals surface area contributed by atoms with Crippen molar-refractivity contribution < 1.29 is 0 Å². The van der Waals surface area contributed by atoms with Crippen molar-refractivity contribution in [3.05, 3.63) is 90.5 Å². The summed E-state index contributed by atoms with van der Waals surface area (Å²) in [6.07, 6.45) is 4.26. The molecule has 0 atom stereocenters. The molecule has 0 unspecified atom stereocenters. The van der Waals surface area contributed by atoms with Crippen LogP contribution in [0.25, 0.3) is 69.6 Å². The smallest absolute Gasteiger partial charge is 0.0479 e. The molecule has 0 aliphatic rings. The molecule has 0 saturated carbocycles. The van der Waals surface area contributed by atoms with Gasteiger partial charge in [0.25, 0.3) is 0 Å². The number of rotatable bonds is 1. The molecule has 31 heavy (non-hydrogen) atoms. The third-order valence-corrected chi connectivity index (χ3v) is 7.63. The van der Waals surface area contributed by atoms with Gasteiger partial charge in [0.2, 0.25) is 0 Å². The minimum absolute atomic E-state index is 1.19. The molecule has 146 valence electrons. The third kappa shape index (κ3) is 2.31. The summed E-state index contributed by atoms with van der Waals surface area (Å²) in [6, 6.07) is 29.1. The fourth-order valence-corrected chi connectivity index (χ4v) is 6.39. The molecule has 7 aromatic rings. The Labute approximate surface area is 183 Å². The van der Waals surface area contributed by atoms with E-state index in [2.05, 4.69) is 103 Å². The minimum atomic E-state index is 1.19. The highest BCUT2D eigenvalue weighted by molar-refractivity contribution is 7.27. The Bertz CT molecular complexity index is 1850. The Hall–Kier alpha value is -3.62. The number of allylic oxidation sites excluding steroid dienone is 1. The molecule has 0 radical (unpaired) electrons. The predicted octanol–water partition coefficient (Wildman–Crippen LogP) is 9.03. The first-order chi connectivity index (χ1) is 15.3. The molecule has 2 heterocycles. The second-order valence-electron chi connectivity index (χ2n) is 8.22. The summed E-state index contributed by atoms with van der Waals surface area (Å²) in [5.74, 6) is 0. The predicted molar refractivity (Wildman–Crippen MR) is 138 cm³/mol. The standard InChI is InChI=1S/C29H19NS/c1-2-7-17-12-13-25-22(14-17)23-15-24-27(16-26(23)30-25)31-29-21-11-6-4-9-19(21)18-8-3-5-10-20(18)28(24)29/h2-16,30H,1H3/b7-2+. The lowest BCUT2D eigenvalue weighted by Gasteiger charge is -2.07. The van der Waals surface area contributed by atoms with Gasteiger partial charge in [-0.05, 0) is 52.9 Å². The number of thiophene rings is 1. The molecule has 2 aromatic heterocycles. The van der Waals surface area contributed by atoms with E-state index in [9.17, 15) is 0 Å². The maximum absolute atomic E-state index is 3.64. The summed E-state index contributed by atoms with van der Waals surface area (Å²) in [5.41, 5.74) is 3.64. The number of fused-ring (bicyclic) bond motifs is 11. The maximum atomic E-state index is 3.64. The Balaban J connectivity index is 1.71. The van der Waals surface area contributed by atoms with Crippen molar-refractivity contribution >= 4 is 80.9 Å². The van der Waals surface area contributed by atoms with Gasteiger partial charge in [0.15, 0.2) is 0 Å². The number of aromatic nitrogens is 1. The van der Waals surface area contributed by atoms with Gasteiger partial charge < -0.3 is 4.98 Å². The zero-order valence-electron chi connectivity index (χ0n) is 17.1. The van der Waals surface area contributed by atoms with Crippen LogP contribution >= 0.6 is 11.3 Å². The first kappa shape index (κ1) is 17.1. The first-order valence-corrected chi connectivity index (χ1v) is 11.5. The van der Waals surface area contributed by atoms with Crippen molar-refractivity contribution in [1.82, 2.24) is 4.98 Å². The summed E-state index contributed by atoms with van der Waals surface area (Å²) >= 11 is 1.91. The minimum Gasteiger partial charge on any atom is -0.354 e. The molecule has 0 saturated heterocycles. The van der Waals surface area contributed by atoms with Crippen LogP contribution in [0.5, 0.6) is 0 Å². The van der Waals surface area contributed by atoms with E-state index in [1.165, 1.54) is 69.1 Å². The molecule has 0 fully saturated rings. The molecular weight excluding hydrogens is 394 g/mol. The molecule has 0 aliphatic carbocycles. The Morgan fingerprint density at radius 2 is 1.35 bits per heavy atom. The molecule has 0 amide bonds. The number of aromatic amines is 1. The van der Waals surface area contributed by atoms with Crippen LogP contribution < -0.4 is 0 Å². The number of H-pyrrole nitrogens is 1. The molecule has 0 spiro atoms. The third-order valence-electron chi connectivity index (χ3n) is 6.45. The molecule has 1 nitrogen and oxygen atoms in total. The van der Waals surface area contributed by atoms with E-state index in [-0.39, 0.29) is 0 Å². The first-order valence-electron chi connectivity index (χ1n) is 10.7. The number of hydrogen-bond donors (Lipinski definition) is 1. The van der Waals surface area contributed by atoms with Gasteiger partial charge in [-0.25, -0.2) is 0 Å². The zero-order chi connectivity index (χ0) is 20.5. The molecule has 5 aromatic carbocycles. The summed E-state index contributed by atoms with van der Waals surface area (Å²) in [7, 11) is 0. The van der Waals surface area contributed by atoms with E-state index >= 15 is 0 Å². The quantitative estimate of drug-likeness (QED) is 0.258. The molecule has 0 aliphatic heterocycles. The summed E-state index contributed by atoms with van der Waals surface area (Å²) < 4.78 is 2.72. The Kier molecular flexibility index (Phi) is 3.42. The van der Waals surface area contributed by atoms with Crippen LogP contribution in [-0.2, 0) is 0 Å². The van der Waals surface area contributed by atoms with Crippen LogP contribution in [0.1, 0.15) is 12.5 Å². The lowest BCUT2D eigenvalue weighted by atomic mass is 9.96. The molecular formula is C29H19NS. The van der Waals surface area contributed by atoms with Crippen LogP contribution in [0.3, 0.4) is 0 Å². The zero-order valence-corrected chi connectivity index (χ0v) is 17.9. The van der Waals surface area contributed by atoms with Gasteiger partial charge in [0.05, 0.1) is 0 Å². The monoisotopic (exact) mass is 413 g/mol. The topological polar surface area (TPSA) is 15.8 Å². The van der Waals surface area contributed by atoms with E-state index in [0.29, 0.717) is 0 Å². The fourth-order valence-electron chi connectivity index (χ4n) is 5.11. The van der Waals surface area contributed by atoms with Gasteiger partial charge in [-0.2, -0.15) is 0 Å². The van der Waals surface area contributed by atoms with Gasteiger partial charge >= 0.3 is 0 Å². The summed E-state index contributed by atoms with van der Waals surface area (Å²) in [5, 5.41) is 10.7. The maximum Gasteiger partial charge on any atom is 0.0479 e. The van der Waals surface area contributed by atoms with Crippen LogP contribution in [0.2, 0.25) is 0 Å². The van der Waals surface area contributed by atoms with Crippen LogP contribution in [0.15, 0.2) is 84.9 Å². The van der Waals surface area contributed by atoms with Crippen molar-refractivity contribution in [2.24, 2.45) is 0 Å². The van der Waals surface area contributed by atoms with Crippen LogP contribution in [-0.4, -0.2) is 4.98 Å². The highest BCUT2D eigenvalue weighted by Gasteiger charge is 2.15. The molecule has 0 bridgehead atoms. The highest BCUT2D eigenvalue weighted by Crippen LogP contribution is 2.45. The average Bonchev–Trinajstić information content (AvgIpc) is 3.36. The van der Waals surface area contributed by atoms with Crippen molar-refractivity contribution in [1.29, 1.82) is 0 Å². The SMILES string of the molecule is C/C=C/c1ccc2[nH]c3cc4sc5c6ccccc6c6ccccc6c5c4cc3c2c1. The van der Waals surface area contributed by atoms with E-state index in [0.717, 1.165) is 0 Å². The van der Waals surface area contributed by atoms with Crippen LogP contribution in [0.4, 0.5) is 0 Å². The highest BCUT2D eigenvalue weighted by atomic mass is 32.1. The second kappa shape index (κ2) is 6.19. The average molecular weight is 414 g/mol. The fraction of sp³-hybridized carbons (Fsp3) is 0.0345. The van der Waals surface area contributed by atoms with Crippen molar-refractivity contribution in [3.63, 3.8) is 0 Å². The van der Waals surface area contributed by atoms with E-state index < -0.39 is 0 Å². The molecule has 7 rings (SSSR count). The van der Waals surface area contributed by atoms with Crippen LogP contribution in [0, 0.1) is 0 Å². The van der Waals surface area contributed by atoms with Gasteiger partial charge in [0, 0.05) is 47.4 Å². The summed E-state index contributed by atoms with van der Waals surface area (Å²) in [6.45, 7) is 2.07. The second-order valence-corrected chi connectivity index (χ2v) is 9.27. The van der Waals surface area contributed by atoms with Gasteiger partial charge in [-0.3, -0.25) is 0 Å². The van der Waals surface area contributed by atoms with Crippen molar-refractivity contribution in [2.75, 3.05) is 0 Å². The Morgan fingerprint density at radius 1 is 0.645 bits per heavy atom. The summed E-state index contributed by atoms with van der Waals surface area (Å²) in [4.78, 5) is 3.64. The van der Waals surface area contributed by atoms with E-state index in [1.54, 1.807) is 0 Å². The van der Waals surface area contributed by atoms with E-state index in [1.807, 2.05) is 11.3 Å². The van der Waals surface area contributed by atoms with Gasteiger partial charge in [0.1, 0.15) is 0 Å². The number of hydrogen-bond acceptors (Lipinski definition) is 1. The lowest BCUT2D eigenvalue weighted by molar-refractivity contribution is 1.55. The van der Waals surface area contributed by atoms with Crippen molar-refractivity contribution in [3.8, 4) is 0 Å². The van der Waals surface area contributed by atoms with Crippen molar-refractivity contribution in [2.45, 2.75) is 6.92 Å².